The van der Waals surface area contributed by atoms with E-state index in [1.54, 1.807) is 18.2 Å². The van der Waals surface area contributed by atoms with E-state index in [-0.39, 0.29) is 11.9 Å². The number of aromatic nitrogens is 3. The zero-order valence-electron chi connectivity index (χ0n) is 12.7. The van der Waals surface area contributed by atoms with Gasteiger partial charge in [-0.25, -0.2) is 0 Å². The zero-order chi connectivity index (χ0) is 16.2. The topological polar surface area (TPSA) is 84.7 Å². The molecule has 1 aliphatic heterocycles. The lowest BCUT2D eigenvalue weighted by Crippen LogP contribution is -2.05. The van der Waals surface area contributed by atoms with Gasteiger partial charge in [-0.3, -0.25) is 5.10 Å². The van der Waals surface area contributed by atoms with Crippen molar-refractivity contribution < 1.29 is 14.6 Å². The summed E-state index contributed by atoms with van der Waals surface area (Å²) in [5.41, 5.74) is 0.539. The Kier molecular flexibility index (Phi) is 4.73. The highest BCUT2D eigenvalue weighted by Gasteiger charge is 2.23. The van der Waals surface area contributed by atoms with Gasteiger partial charge in [0.25, 0.3) is 0 Å². The number of para-hydroxylation sites is 1. The Morgan fingerprint density at radius 2 is 2.48 bits per heavy atom. The highest BCUT2D eigenvalue weighted by Crippen LogP contribution is 2.29. The molecule has 2 heterocycles. The molecule has 0 amide bonds. The highest BCUT2D eigenvalue weighted by molar-refractivity contribution is 7.71. The molecule has 1 aromatic carbocycles. The average Bonchev–Trinajstić information content (AvgIpc) is 3.18. The second kappa shape index (κ2) is 6.93. The fraction of sp³-hybridized carbons (Fsp3) is 0.400. The van der Waals surface area contributed by atoms with Crippen molar-refractivity contribution in [2.45, 2.75) is 25.9 Å². The summed E-state index contributed by atoms with van der Waals surface area (Å²) in [7, 11) is 0. The number of aromatic amines is 1. The summed E-state index contributed by atoms with van der Waals surface area (Å²) in [6, 6.07) is 5.25. The monoisotopic (exact) mass is 334 g/mol. The van der Waals surface area contributed by atoms with Gasteiger partial charge in [-0.1, -0.05) is 6.07 Å². The van der Waals surface area contributed by atoms with Crippen molar-refractivity contribution in [1.82, 2.24) is 14.9 Å². The van der Waals surface area contributed by atoms with E-state index in [4.69, 9.17) is 21.7 Å². The van der Waals surface area contributed by atoms with Crippen LogP contribution in [0.3, 0.4) is 0 Å². The summed E-state index contributed by atoms with van der Waals surface area (Å²) in [5.74, 6) is 1.11. The number of hydrogen-bond acceptors (Lipinski definition) is 6. The Morgan fingerprint density at radius 3 is 3.22 bits per heavy atom. The van der Waals surface area contributed by atoms with Crippen LogP contribution in [0, 0.1) is 4.77 Å². The van der Waals surface area contributed by atoms with E-state index in [1.807, 2.05) is 6.92 Å². The van der Waals surface area contributed by atoms with E-state index in [9.17, 15) is 5.11 Å². The second-order valence-corrected chi connectivity index (χ2v) is 5.46. The van der Waals surface area contributed by atoms with Gasteiger partial charge in [0.05, 0.1) is 12.8 Å². The molecule has 2 aromatic rings. The molecule has 8 heteroatoms. The molecule has 0 spiro atoms. The minimum atomic E-state index is -0.108. The molecule has 1 saturated heterocycles. The molecule has 23 heavy (non-hydrogen) atoms. The van der Waals surface area contributed by atoms with Crippen molar-refractivity contribution in [2.24, 2.45) is 5.10 Å². The smallest absolute Gasteiger partial charge is 0.216 e. The fourth-order valence-electron chi connectivity index (χ4n) is 2.44. The van der Waals surface area contributed by atoms with Crippen LogP contribution in [0.4, 0.5) is 0 Å². The van der Waals surface area contributed by atoms with Gasteiger partial charge in [-0.2, -0.15) is 14.9 Å². The fourth-order valence-corrected chi connectivity index (χ4v) is 2.63. The summed E-state index contributed by atoms with van der Waals surface area (Å²) in [6.07, 6.45) is 3.30. The first-order valence-electron chi connectivity index (χ1n) is 7.48. The molecule has 0 radical (unpaired) electrons. The average molecular weight is 334 g/mol. The maximum atomic E-state index is 10.2. The first-order chi connectivity index (χ1) is 11.2. The van der Waals surface area contributed by atoms with E-state index >= 15 is 0 Å². The van der Waals surface area contributed by atoms with Crippen LogP contribution in [0.5, 0.6) is 11.5 Å². The minimum absolute atomic E-state index is 0.0479. The van der Waals surface area contributed by atoms with Crippen molar-refractivity contribution in [3.8, 4) is 11.5 Å². The molecular weight excluding hydrogens is 316 g/mol. The van der Waals surface area contributed by atoms with Gasteiger partial charge >= 0.3 is 0 Å². The molecule has 1 fully saturated rings. The van der Waals surface area contributed by atoms with Gasteiger partial charge in [-0.15, -0.1) is 0 Å². The Balaban J connectivity index is 1.90. The number of ether oxygens (including phenoxy) is 2. The summed E-state index contributed by atoms with van der Waals surface area (Å²) in [4.78, 5) is 0. The lowest BCUT2D eigenvalue weighted by atomic mass is 10.2. The van der Waals surface area contributed by atoms with E-state index < -0.39 is 0 Å². The van der Waals surface area contributed by atoms with Crippen molar-refractivity contribution in [3.05, 3.63) is 34.4 Å². The highest BCUT2D eigenvalue weighted by atomic mass is 32.1. The van der Waals surface area contributed by atoms with E-state index in [0.717, 1.165) is 12.8 Å². The number of H-pyrrole nitrogens is 1. The third-order valence-electron chi connectivity index (χ3n) is 3.54. The van der Waals surface area contributed by atoms with Crippen LogP contribution >= 0.6 is 12.2 Å². The molecule has 0 saturated carbocycles. The first kappa shape index (κ1) is 15.7. The van der Waals surface area contributed by atoms with Gasteiger partial charge in [0, 0.05) is 12.2 Å². The van der Waals surface area contributed by atoms with Gasteiger partial charge < -0.3 is 14.6 Å². The second-order valence-electron chi connectivity index (χ2n) is 5.07. The van der Waals surface area contributed by atoms with Gasteiger partial charge in [0.15, 0.2) is 17.3 Å². The van der Waals surface area contributed by atoms with Crippen molar-refractivity contribution >= 4 is 18.4 Å². The number of nitrogens with one attached hydrogen (secondary N) is 1. The molecule has 1 aromatic heterocycles. The summed E-state index contributed by atoms with van der Waals surface area (Å²) in [6.45, 7) is 3.05. The third kappa shape index (κ3) is 3.27. The molecule has 0 bridgehead atoms. The maximum absolute atomic E-state index is 10.2. The summed E-state index contributed by atoms with van der Waals surface area (Å²) < 4.78 is 12.9. The molecule has 0 aliphatic carbocycles. The van der Waals surface area contributed by atoms with Gasteiger partial charge in [-0.05, 0) is 44.1 Å². The molecule has 122 valence electrons. The minimum Gasteiger partial charge on any atom is -0.504 e. The van der Waals surface area contributed by atoms with Gasteiger partial charge in [0.2, 0.25) is 4.77 Å². The molecule has 1 atom stereocenters. The number of phenols is 1. The third-order valence-corrected chi connectivity index (χ3v) is 3.80. The predicted molar refractivity (Wildman–Crippen MR) is 87.6 cm³/mol. The Bertz CT molecular complexity index is 762. The van der Waals surface area contributed by atoms with Crippen LogP contribution in [0.2, 0.25) is 0 Å². The van der Waals surface area contributed by atoms with E-state index in [0.29, 0.717) is 35.1 Å². The summed E-state index contributed by atoms with van der Waals surface area (Å²) >= 11 is 5.21. The summed E-state index contributed by atoms with van der Waals surface area (Å²) in [5, 5.41) is 21.5. The molecule has 1 aliphatic rings. The number of hydrogen-bond donors (Lipinski definition) is 2. The number of aromatic hydroxyl groups is 1. The number of nitrogens with zero attached hydrogens (tertiary/aromatic N) is 3. The molecular formula is C15H18N4O3S. The van der Waals surface area contributed by atoms with E-state index in [2.05, 4.69) is 15.3 Å². The zero-order valence-corrected chi connectivity index (χ0v) is 13.5. The predicted octanol–water partition coefficient (Wildman–Crippen LogP) is 2.78. The number of rotatable bonds is 5. The van der Waals surface area contributed by atoms with E-state index in [1.165, 1.54) is 10.9 Å². The van der Waals surface area contributed by atoms with Crippen LogP contribution in [0.1, 0.15) is 37.3 Å². The Hall–Kier alpha value is -2.19. The SMILES string of the molecule is CCOc1cccc(/C=N\n2c(C3CCCO3)n[nH]c2=S)c1O. The van der Waals surface area contributed by atoms with Crippen molar-refractivity contribution in [2.75, 3.05) is 13.2 Å². The lowest BCUT2D eigenvalue weighted by Gasteiger charge is -2.08. The Labute approximate surface area is 138 Å². The van der Waals surface area contributed by atoms with Crippen molar-refractivity contribution in [3.63, 3.8) is 0 Å². The quantitative estimate of drug-likeness (QED) is 0.649. The van der Waals surface area contributed by atoms with Crippen LogP contribution in [0.25, 0.3) is 0 Å². The molecule has 1 unspecified atom stereocenters. The van der Waals surface area contributed by atoms with Gasteiger partial charge in [0.1, 0.15) is 6.10 Å². The lowest BCUT2D eigenvalue weighted by molar-refractivity contribution is 0.102. The normalized spacial score (nSPS) is 17.9. The van der Waals surface area contributed by atoms with Crippen LogP contribution < -0.4 is 4.74 Å². The van der Waals surface area contributed by atoms with Crippen molar-refractivity contribution in [1.29, 1.82) is 0 Å². The largest absolute Gasteiger partial charge is 0.504 e. The van der Waals surface area contributed by atoms with Crippen LogP contribution in [-0.4, -0.2) is 39.4 Å². The number of benzene rings is 1. The first-order valence-corrected chi connectivity index (χ1v) is 7.89. The van der Waals surface area contributed by atoms with Crippen LogP contribution in [-0.2, 0) is 4.74 Å². The number of phenolic OH excluding ortho intramolecular Hbond substituents is 1. The molecule has 7 nitrogen and oxygen atoms in total. The van der Waals surface area contributed by atoms with Crippen LogP contribution in [0.15, 0.2) is 23.3 Å². The standard InChI is InChI=1S/C15H18N4O3S/c1-2-21-11-6-3-5-10(13(11)20)9-16-19-14(17-18-15(19)23)12-7-4-8-22-12/h3,5-6,9,12,20H,2,4,7-8H2,1H3,(H,18,23)/b16-9-. The molecule has 3 rings (SSSR count). The Morgan fingerprint density at radius 1 is 1.61 bits per heavy atom. The molecule has 2 N–H and O–H groups in total. The maximum Gasteiger partial charge on any atom is 0.216 e.